The standard InChI is InChI=1S/C25H13Br2ClF4N2O3/c26-17-8-14(9-18(27)21(17)29)24(25(30,31)32)10-20(33-37-24)12-5-6-13(19(28)7-12)11-34-22(35)15-3-1-2-4-16(15)23(34)36/h1-10,33H,11H2. The van der Waals surface area contributed by atoms with Crippen LogP contribution in [0.3, 0.4) is 0 Å². The maximum Gasteiger partial charge on any atom is 0.428 e. The number of nitrogens with zero attached hydrogens (tertiary/aromatic N) is 1. The quantitative estimate of drug-likeness (QED) is 0.184. The predicted molar refractivity (Wildman–Crippen MR) is 134 cm³/mol. The summed E-state index contributed by atoms with van der Waals surface area (Å²) < 4.78 is 56.5. The van der Waals surface area contributed by atoms with Crippen molar-refractivity contribution in [3.63, 3.8) is 0 Å². The Labute approximate surface area is 229 Å². The van der Waals surface area contributed by atoms with Crippen molar-refractivity contribution in [1.82, 2.24) is 10.4 Å². The SMILES string of the molecule is O=C1c2ccccc2C(=O)N1Cc1ccc(C2=CC(c3cc(Br)c(F)c(Br)c3)(C(F)(F)F)ON2)cc1Cl. The molecule has 12 heteroatoms. The predicted octanol–water partition coefficient (Wildman–Crippen LogP) is 7.13. The number of carbonyl (C=O) groups is 2. The number of rotatable bonds is 4. The van der Waals surface area contributed by atoms with Crippen LogP contribution in [0.5, 0.6) is 0 Å². The van der Waals surface area contributed by atoms with E-state index in [1.165, 1.54) is 18.2 Å². The second-order valence-electron chi connectivity index (χ2n) is 8.30. The Morgan fingerprint density at radius 3 is 2.11 bits per heavy atom. The van der Waals surface area contributed by atoms with Crippen LogP contribution < -0.4 is 5.48 Å². The monoisotopic (exact) mass is 658 g/mol. The molecule has 2 heterocycles. The topological polar surface area (TPSA) is 58.6 Å². The van der Waals surface area contributed by atoms with Gasteiger partial charge >= 0.3 is 6.18 Å². The van der Waals surface area contributed by atoms with Crippen LogP contribution in [0.15, 0.2) is 69.6 Å². The van der Waals surface area contributed by atoms with Gasteiger partial charge in [0.2, 0.25) is 5.60 Å². The van der Waals surface area contributed by atoms with Gasteiger partial charge in [0.15, 0.2) is 5.82 Å². The van der Waals surface area contributed by atoms with Gasteiger partial charge in [-0.05, 0) is 73.8 Å². The molecule has 5 nitrogen and oxygen atoms in total. The van der Waals surface area contributed by atoms with E-state index < -0.39 is 29.4 Å². The molecule has 0 aromatic heterocycles. The molecular weight excluding hydrogens is 648 g/mol. The Kier molecular flexibility index (Phi) is 6.46. The Balaban J connectivity index is 1.46. The number of amides is 2. The van der Waals surface area contributed by atoms with Crippen molar-refractivity contribution in [2.24, 2.45) is 0 Å². The third-order valence-corrected chi connectivity index (χ3v) is 7.58. The van der Waals surface area contributed by atoms with Crippen molar-refractivity contribution >= 4 is 61.0 Å². The molecule has 3 aromatic rings. The van der Waals surface area contributed by atoms with E-state index in [9.17, 15) is 27.2 Å². The van der Waals surface area contributed by atoms with E-state index in [0.29, 0.717) is 16.7 Å². The number of benzene rings is 3. The molecule has 37 heavy (non-hydrogen) atoms. The summed E-state index contributed by atoms with van der Waals surface area (Å²) in [4.78, 5) is 31.4. The fourth-order valence-corrected chi connectivity index (χ4v) is 5.58. The van der Waals surface area contributed by atoms with Crippen LogP contribution in [0, 0.1) is 5.82 Å². The number of fused-ring (bicyclic) bond motifs is 1. The van der Waals surface area contributed by atoms with E-state index >= 15 is 0 Å². The van der Waals surface area contributed by atoms with Crippen molar-refractivity contribution in [3.05, 3.63) is 108 Å². The first-order valence-corrected chi connectivity index (χ1v) is 12.5. The van der Waals surface area contributed by atoms with Crippen LogP contribution in [0.1, 0.15) is 37.4 Å². The zero-order valence-electron chi connectivity index (χ0n) is 18.3. The summed E-state index contributed by atoms with van der Waals surface area (Å²) >= 11 is 12.3. The van der Waals surface area contributed by atoms with Gasteiger partial charge in [-0.25, -0.2) is 4.39 Å². The molecule has 0 aliphatic carbocycles. The van der Waals surface area contributed by atoms with Gasteiger partial charge in [-0.1, -0.05) is 35.9 Å². The van der Waals surface area contributed by atoms with Gasteiger partial charge in [0.1, 0.15) is 0 Å². The zero-order valence-corrected chi connectivity index (χ0v) is 22.2. The highest BCUT2D eigenvalue weighted by Gasteiger charge is 2.59. The summed E-state index contributed by atoms with van der Waals surface area (Å²) in [5.41, 5.74) is 0.282. The average molecular weight is 661 g/mol. The third-order valence-electron chi connectivity index (χ3n) is 6.07. The summed E-state index contributed by atoms with van der Waals surface area (Å²) in [7, 11) is 0. The Morgan fingerprint density at radius 2 is 1.57 bits per heavy atom. The van der Waals surface area contributed by atoms with E-state index in [1.807, 2.05) is 0 Å². The van der Waals surface area contributed by atoms with Gasteiger partial charge in [0.05, 0.1) is 32.3 Å². The lowest BCUT2D eigenvalue weighted by Crippen LogP contribution is -2.42. The summed E-state index contributed by atoms with van der Waals surface area (Å²) in [5, 5.41) is 0.133. The first-order chi connectivity index (χ1) is 17.4. The molecule has 0 fully saturated rings. The Bertz CT molecular complexity index is 1450. The second-order valence-corrected chi connectivity index (χ2v) is 10.4. The van der Waals surface area contributed by atoms with Gasteiger partial charge in [0, 0.05) is 16.1 Å². The van der Waals surface area contributed by atoms with Crippen LogP contribution in [0.2, 0.25) is 5.02 Å². The van der Waals surface area contributed by atoms with E-state index in [1.54, 1.807) is 24.3 Å². The molecule has 1 atom stereocenters. The lowest BCUT2D eigenvalue weighted by Gasteiger charge is -2.29. The molecule has 0 spiro atoms. The lowest BCUT2D eigenvalue weighted by molar-refractivity contribution is -0.269. The van der Waals surface area contributed by atoms with Crippen LogP contribution in [-0.2, 0) is 17.0 Å². The zero-order chi connectivity index (χ0) is 26.7. The van der Waals surface area contributed by atoms with Crippen molar-refractivity contribution in [2.75, 3.05) is 0 Å². The molecule has 1 unspecified atom stereocenters. The molecule has 0 saturated heterocycles. The first-order valence-electron chi connectivity index (χ1n) is 10.6. The summed E-state index contributed by atoms with van der Waals surface area (Å²) in [6.07, 6.45) is -4.07. The summed E-state index contributed by atoms with van der Waals surface area (Å²) in [6, 6.07) is 12.8. The highest BCUT2D eigenvalue weighted by Crippen LogP contribution is 2.48. The van der Waals surface area contributed by atoms with Crippen LogP contribution in [0.25, 0.3) is 5.70 Å². The second kappa shape index (κ2) is 9.23. The summed E-state index contributed by atoms with van der Waals surface area (Å²) in [6.45, 7) is -0.113. The molecule has 5 rings (SSSR count). The van der Waals surface area contributed by atoms with Crippen molar-refractivity contribution in [2.45, 2.75) is 18.3 Å². The Morgan fingerprint density at radius 1 is 0.973 bits per heavy atom. The van der Waals surface area contributed by atoms with E-state index in [4.69, 9.17) is 16.4 Å². The fraction of sp³-hybridized carbons (Fsp3) is 0.120. The van der Waals surface area contributed by atoms with Crippen molar-refractivity contribution < 1.29 is 32.0 Å². The van der Waals surface area contributed by atoms with Crippen LogP contribution >= 0.6 is 43.5 Å². The van der Waals surface area contributed by atoms with Crippen molar-refractivity contribution in [1.29, 1.82) is 0 Å². The van der Waals surface area contributed by atoms with E-state index in [-0.39, 0.29) is 37.3 Å². The minimum Gasteiger partial charge on any atom is -0.270 e. The van der Waals surface area contributed by atoms with E-state index in [0.717, 1.165) is 23.1 Å². The third kappa shape index (κ3) is 4.27. The number of imide groups is 1. The summed E-state index contributed by atoms with van der Waals surface area (Å²) in [5.74, 6) is -1.67. The number of nitrogens with one attached hydrogen (secondary N) is 1. The smallest absolute Gasteiger partial charge is 0.270 e. The molecule has 0 saturated carbocycles. The molecule has 2 amide bonds. The molecule has 0 bridgehead atoms. The molecule has 0 radical (unpaired) electrons. The Hall–Kier alpha value is -2.73. The van der Waals surface area contributed by atoms with Gasteiger partial charge in [0.25, 0.3) is 11.8 Å². The highest BCUT2D eigenvalue weighted by molar-refractivity contribution is 9.11. The maximum absolute atomic E-state index is 14.3. The van der Waals surface area contributed by atoms with Crippen LogP contribution in [0.4, 0.5) is 17.6 Å². The first kappa shape index (κ1) is 25.9. The minimum absolute atomic E-state index is 0.0249. The lowest BCUT2D eigenvalue weighted by atomic mass is 9.91. The molecule has 3 aromatic carbocycles. The van der Waals surface area contributed by atoms with E-state index in [2.05, 4.69) is 37.3 Å². The number of alkyl halides is 3. The van der Waals surface area contributed by atoms with Gasteiger partial charge in [-0.2, -0.15) is 13.2 Å². The van der Waals surface area contributed by atoms with Crippen LogP contribution in [-0.4, -0.2) is 22.9 Å². The average Bonchev–Trinajstić information content (AvgIpc) is 3.41. The van der Waals surface area contributed by atoms with Crippen molar-refractivity contribution in [3.8, 4) is 0 Å². The number of carbonyl (C=O) groups excluding carboxylic acids is 2. The van der Waals surface area contributed by atoms with Gasteiger partial charge < -0.3 is 0 Å². The van der Waals surface area contributed by atoms with Gasteiger partial charge in [-0.15, -0.1) is 0 Å². The maximum atomic E-state index is 14.3. The number of hydrogen-bond acceptors (Lipinski definition) is 4. The molecule has 1 N–H and O–H groups in total. The largest absolute Gasteiger partial charge is 0.428 e. The fourth-order valence-electron chi connectivity index (χ4n) is 4.15. The molecule has 190 valence electrons. The molecule has 2 aliphatic heterocycles. The number of halogens is 7. The normalized spacial score (nSPS) is 19.2. The van der Waals surface area contributed by atoms with Gasteiger partial charge in [-0.3, -0.25) is 24.8 Å². The minimum atomic E-state index is -4.91. The number of hydroxylamine groups is 1. The molecule has 2 aliphatic rings. The number of hydrogen-bond donors (Lipinski definition) is 1. The molecular formula is C25H13Br2ClF4N2O3. The highest BCUT2D eigenvalue weighted by atomic mass is 79.9.